The summed E-state index contributed by atoms with van der Waals surface area (Å²) in [7, 11) is 0. The minimum absolute atomic E-state index is 0.0682. The first-order valence-corrected chi connectivity index (χ1v) is 10.4. The minimum Gasteiger partial charge on any atom is -0.343 e. The molecule has 1 saturated carbocycles. The van der Waals surface area contributed by atoms with Crippen molar-refractivity contribution in [2.24, 2.45) is 5.92 Å². The molecule has 152 valence electrons. The molecule has 3 heterocycles. The SMILES string of the molecule is CC(Sc1nnnn1C1CC1)C(=O)NC(c1nc(-c2ccncc2)no1)C(C)C. The van der Waals surface area contributed by atoms with Crippen molar-refractivity contribution in [2.45, 2.75) is 56.1 Å². The van der Waals surface area contributed by atoms with Crippen LogP contribution in [0.5, 0.6) is 0 Å². The highest BCUT2D eigenvalue weighted by Gasteiger charge is 2.31. The molecule has 1 fully saturated rings. The number of amides is 1. The Morgan fingerprint density at radius 2 is 2.03 bits per heavy atom. The summed E-state index contributed by atoms with van der Waals surface area (Å²) in [6, 6.07) is 3.57. The first-order valence-electron chi connectivity index (χ1n) is 9.52. The van der Waals surface area contributed by atoms with Gasteiger partial charge in [0.25, 0.3) is 0 Å². The number of thioether (sulfide) groups is 1. The van der Waals surface area contributed by atoms with E-state index in [1.165, 1.54) is 11.8 Å². The van der Waals surface area contributed by atoms with E-state index in [-0.39, 0.29) is 17.1 Å². The standard InChI is InChI=1S/C18H22N8O2S/c1-10(2)14(17-21-15(23-28-17)12-6-8-19-9-7-12)20-16(27)11(3)29-18-22-24-25-26(18)13-4-5-13/h6-11,13-14H,4-5H2,1-3H3,(H,20,27). The molecule has 1 N–H and O–H groups in total. The molecule has 2 unspecified atom stereocenters. The third-order valence-electron chi connectivity index (χ3n) is 4.62. The van der Waals surface area contributed by atoms with E-state index in [0.717, 1.165) is 18.4 Å². The van der Waals surface area contributed by atoms with E-state index in [0.29, 0.717) is 22.9 Å². The normalized spacial score (nSPS) is 16.0. The molecule has 0 radical (unpaired) electrons. The molecule has 0 spiro atoms. The van der Waals surface area contributed by atoms with Gasteiger partial charge in [-0.15, -0.1) is 5.10 Å². The second-order valence-corrected chi connectivity index (χ2v) is 8.63. The van der Waals surface area contributed by atoms with Crippen LogP contribution in [-0.2, 0) is 4.79 Å². The van der Waals surface area contributed by atoms with Gasteiger partial charge in [-0.3, -0.25) is 9.78 Å². The third kappa shape index (κ3) is 4.44. The Morgan fingerprint density at radius 3 is 2.72 bits per heavy atom. The lowest BCUT2D eigenvalue weighted by Crippen LogP contribution is -2.37. The maximum absolute atomic E-state index is 12.8. The first kappa shape index (κ1) is 19.5. The number of carbonyl (C=O) groups excluding carboxylic acids is 1. The lowest BCUT2D eigenvalue weighted by Gasteiger charge is -2.20. The van der Waals surface area contributed by atoms with E-state index >= 15 is 0 Å². The summed E-state index contributed by atoms with van der Waals surface area (Å²) >= 11 is 1.35. The van der Waals surface area contributed by atoms with Crippen LogP contribution in [0.15, 0.2) is 34.2 Å². The van der Waals surface area contributed by atoms with Gasteiger partial charge in [-0.1, -0.05) is 30.8 Å². The topological polar surface area (TPSA) is 125 Å². The fourth-order valence-electron chi connectivity index (χ4n) is 2.79. The molecule has 2 atom stereocenters. The van der Waals surface area contributed by atoms with Crippen molar-refractivity contribution in [3.05, 3.63) is 30.4 Å². The molecule has 1 aliphatic rings. The van der Waals surface area contributed by atoms with Crippen molar-refractivity contribution in [2.75, 3.05) is 0 Å². The Labute approximate surface area is 171 Å². The molecular weight excluding hydrogens is 392 g/mol. The highest BCUT2D eigenvalue weighted by molar-refractivity contribution is 8.00. The van der Waals surface area contributed by atoms with Crippen molar-refractivity contribution >= 4 is 17.7 Å². The van der Waals surface area contributed by atoms with E-state index in [9.17, 15) is 4.79 Å². The van der Waals surface area contributed by atoms with Crippen molar-refractivity contribution in [1.82, 2.24) is 40.6 Å². The fourth-order valence-corrected chi connectivity index (χ4v) is 3.66. The minimum atomic E-state index is -0.395. The van der Waals surface area contributed by atoms with Gasteiger partial charge in [0.2, 0.25) is 22.8 Å². The number of carbonyl (C=O) groups is 1. The predicted molar refractivity (Wildman–Crippen MR) is 105 cm³/mol. The van der Waals surface area contributed by atoms with Crippen LogP contribution < -0.4 is 5.32 Å². The van der Waals surface area contributed by atoms with E-state index in [4.69, 9.17) is 4.52 Å². The van der Waals surface area contributed by atoms with Gasteiger partial charge in [0, 0.05) is 18.0 Å². The van der Waals surface area contributed by atoms with Crippen LogP contribution in [0.25, 0.3) is 11.4 Å². The maximum atomic E-state index is 12.8. The quantitative estimate of drug-likeness (QED) is 0.553. The van der Waals surface area contributed by atoms with Crippen LogP contribution in [0.2, 0.25) is 0 Å². The molecule has 1 amide bonds. The molecule has 29 heavy (non-hydrogen) atoms. The zero-order valence-electron chi connectivity index (χ0n) is 16.4. The summed E-state index contributed by atoms with van der Waals surface area (Å²) in [5.41, 5.74) is 0.805. The second-order valence-electron chi connectivity index (χ2n) is 7.32. The van der Waals surface area contributed by atoms with E-state index < -0.39 is 6.04 Å². The average Bonchev–Trinajstić information content (AvgIpc) is 3.26. The average molecular weight is 414 g/mol. The van der Waals surface area contributed by atoms with Crippen LogP contribution in [0.4, 0.5) is 0 Å². The maximum Gasteiger partial charge on any atom is 0.249 e. The Balaban J connectivity index is 1.44. The molecule has 3 aromatic heterocycles. The predicted octanol–water partition coefficient (Wildman–Crippen LogP) is 2.45. The number of rotatable bonds is 8. The summed E-state index contributed by atoms with van der Waals surface area (Å²) in [6.45, 7) is 5.82. The van der Waals surface area contributed by atoms with E-state index in [2.05, 4.69) is 36.0 Å². The number of tetrazole rings is 1. The van der Waals surface area contributed by atoms with Gasteiger partial charge in [0.15, 0.2) is 0 Å². The van der Waals surface area contributed by atoms with Gasteiger partial charge >= 0.3 is 0 Å². The number of nitrogens with one attached hydrogen (secondary N) is 1. The number of hydrogen-bond acceptors (Lipinski definition) is 9. The Kier molecular flexibility index (Phi) is 5.56. The van der Waals surface area contributed by atoms with E-state index in [1.807, 2.05) is 20.8 Å². The van der Waals surface area contributed by atoms with Crippen molar-refractivity contribution < 1.29 is 9.32 Å². The van der Waals surface area contributed by atoms with E-state index in [1.54, 1.807) is 29.2 Å². The molecule has 4 rings (SSSR count). The summed E-state index contributed by atoms with van der Waals surface area (Å²) in [4.78, 5) is 21.3. The monoisotopic (exact) mass is 414 g/mol. The molecule has 11 heteroatoms. The summed E-state index contributed by atoms with van der Waals surface area (Å²) < 4.78 is 7.25. The van der Waals surface area contributed by atoms with Crippen LogP contribution in [0, 0.1) is 5.92 Å². The number of pyridine rings is 1. The highest BCUT2D eigenvalue weighted by Crippen LogP contribution is 2.37. The molecule has 1 aliphatic carbocycles. The van der Waals surface area contributed by atoms with Crippen LogP contribution >= 0.6 is 11.8 Å². The zero-order chi connectivity index (χ0) is 20.4. The summed E-state index contributed by atoms with van der Waals surface area (Å²) in [6.07, 6.45) is 5.49. The Bertz CT molecular complexity index is 969. The third-order valence-corrected chi connectivity index (χ3v) is 5.66. The van der Waals surface area contributed by atoms with Crippen LogP contribution in [0.1, 0.15) is 51.6 Å². The lowest BCUT2D eigenvalue weighted by molar-refractivity contribution is -0.121. The second kappa shape index (κ2) is 8.27. The molecule has 0 bridgehead atoms. The largest absolute Gasteiger partial charge is 0.343 e. The van der Waals surface area contributed by atoms with Gasteiger partial charge in [0.1, 0.15) is 6.04 Å². The molecule has 10 nitrogen and oxygen atoms in total. The van der Waals surface area contributed by atoms with Crippen LogP contribution in [0.3, 0.4) is 0 Å². The van der Waals surface area contributed by atoms with Gasteiger partial charge in [-0.25, -0.2) is 4.68 Å². The van der Waals surface area contributed by atoms with Gasteiger partial charge < -0.3 is 9.84 Å². The van der Waals surface area contributed by atoms with Crippen molar-refractivity contribution in [1.29, 1.82) is 0 Å². The number of aromatic nitrogens is 7. The first-order chi connectivity index (χ1) is 14.0. The molecule has 0 saturated heterocycles. The number of hydrogen-bond donors (Lipinski definition) is 1. The Hall–Kier alpha value is -2.82. The number of nitrogens with zero attached hydrogens (tertiary/aromatic N) is 7. The van der Waals surface area contributed by atoms with Crippen molar-refractivity contribution in [3.63, 3.8) is 0 Å². The molecule has 0 aliphatic heterocycles. The summed E-state index contributed by atoms with van der Waals surface area (Å²) in [5.74, 6) is 0.773. The zero-order valence-corrected chi connectivity index (χ0v) is 17.2. The van der Waals surface area contributed by atoms with Gasteiger partial charge in [0.05, 0.1) is 11.3 Å². The lowest BCUT2D eigenvalue weighted by atomic mass is 10.0. The molecule has 3 aromatic rings. The fraction of sp³-hybridized carbons (Fsp3) is 0.500. The van der Waals surface area contributed by atoms with Gasteiger partial charge in [-0.05, 0) is 48.2 Å². The summed E-state index contributed by atoms with van der Waals surface area (Å²) in [5, 5.41) is 19.2. The molecule has 0 aromatic carbocycles. The molecular formula is C18H22N8O2S. The van der Waals surface area contributed by atoms with Gasteiger partial charge in [-0.2, -0.15) is 4.98 Å². The van der Waals surface area contributed by atoms with Crippen LogP contribution in [-0.4, -0.2) is 46.5 Å². The Morgan fingerprint density at radius 1 is 1.28 bits per heavy atom. The highest BCUT2D eigenvalue weighted by atomic mass is 32.2. The smallest absolute Gasteiger partial charge is 0.249 e. The van der Waals surface area contributed by atoms with Crippen molar-refractivity contribution in [3.8, 4) is 11.4 Å².